The number of imide groups is 4. The number of likely N-dealkylation sites (tertiary alicyclic amines) is 1. The van der Waals surface area contributed by atoms with Gasteiger partial charge in [-0.15, -0.1) is 0 Å². The molecule has 20 nitrogen and oxygen atoms in total. The Bertz CT molecular complexity index is 5400. The van der Waals surface area contributed by atoms with E-state index in [0.717, 1.165) is 59.8 Å². The van der Waals surface area contributed by atoms with E-state index in [1.54, 1.807) is 61.7 Å². The SMILES string of the molecule is CC.CN1C(=O)CCC(N2C(=O)c3ccccc3C2=O)C1=O.COc1ccc(-c2ccc(=O)n(C)n2)cc1OC(F)F.COc1ccc2cc(C)ccc2c1.Cc1c(-c2ccc(Cl)cc2)c(-c2ccccc2)c2n1CC(C)(C)C2.Cc1cccc(C(=O)c2ccccc2)c1.O=C1CCC(N2C(=O)c3ccccc3C2=O)C(=O)N1. The van der Waals surface area contributed by atoms with Gasteiger partial charge in [-0.25, -0.2) is 4.68 Å². The number of amides is 8. The number of nitrogens with one attached hydrogen (secondary N) is 1. The van der Waals surface area contributed by atoms with E-state index in [-0.39, 0.29) is 60.3 Å². The standard InChI is InChI=1S/C22H22ClN.C14H12N2O4.C14H12O.C13H12F2N2O3.C13H10N2O4.C12H12O.C2H6/c1-15-20(17-9-11-18(23)12-10-17)21(16-7-5-4-6-8-16)19-13-22(2,3)14-24(15)19;1-15-11(17)7-6-10(14(15)20)16-12(18)8-4-2-3-5-9(8)13(16)19;1-11-6-5-9-13(10-11)14(15)12-7-3-2-4-8-12;1-17-12(18)6-4-9(16-17)8-3-5-10(19-2)11(7-8)20-13(14)15;16-10-6-5-9(11(17)14-10)15-12(18)7-3-1-2-4-8(7)13(15)19;1-9-3-4-11-8-12(13-2)6-5-10(11)7-9;1-2/h4-12H,13-14H2,1-3H3;2-5,10H,6-7H2,1H3;2-10H,1H3;3-7,13H,1-2H3;1-4,9H,5-6H2,(H,14,16,17);3-8H,1-2H3;1-2H3. The Hall–Kier alpha value is -12.8. The number of ketones is 1. The molecule has 2 unspecified atom stereocenters. The first-order chi connectivity index (χ1) is 54.1. The van der Waals surface area contributed by atoms with Crippen LogP contribution < -0.4 is 25.1 Å². The normalized spacial score (nSPS) is 15.5. The quantitative estimate of drug-likeness (QED) is 0.0935. The molecule has 7 heterocycles. The Balaban J connectivity index is 0.000000144. The van der Waals surface area contributed by atoms with Crippen LogP contribution in [-0.2, 0) is 39.2 Å². The van der Waals surface area contributed by atoms with E-state index in [9.17, 15) is 56.7 Å². The van der Waals surface area contributed by atoms with Crippen LogP contribution in [0.5, 0.6) is 17.2 Å². The van der Waals surface area contributed by atoms with Crippen LogP contribution in [-0.4, -0.2) is 122 Å². The van der Waals surface area contributed by atoms with Crippen molar-refractivity contribution in [2.24, 2.45) is 12.5 Å². The molecule has 0 aliphatic carbocycles. The summed E-state index contributed by atoms with van der Waals surface area (Å²) < 4.78 is 42.9. The van der Waals surface area contributed by atoms with Crippen molar-refractivity contribution in [3.8, 4) is 50.8 Å². The van der Waals surface area contributed by atoms with Gasteiger partial charge in [-0.2, -0.15) is 13.9 Å². The number of hydrogen-bond acceptors (Lipinski definition) is 14. The minimum atomic E-state index is -2.95. The molecular formula is C90H86ClF2N7O13. The molecular weight excluding hydrogens is 1460 g/mol. The molecule has 1 N–H and O–H groups in total. The molecule has 5 aliphatic heterocycles. The largest absolute Gasteiger partial charge is 0.497 e. The topological polar surface area (TPSA) is 243 Å². The number of benzene rings is 9. The van der Waals surface area contributed by atoms with Gasteiger partial charge in [0.2, 0.25) is 17.7 Å². The van der Waals surface area contributed by atoms with Gasteiger partial charge in [-0.1, -0.05) is 190 Å². The predicted octanol–water partition coefficient (Wildman–Crippen LogP) is 16.4. The maximum absolute atomic E-state index is 12.3. The average Bonchev–Trinajstić information content (AvgIpc) is 1.24. The lowest BCUT2D eigenvalue weighted by atomic mass is 9.87. The first kappa shape index (κ1) is 82.7. The summed E-state index contributed by atoms with van der Waals surface area (Å²) in [6, 6.07) is 67.1. The lowest BCUT2D eigenvalue weighted by molar-refractivity contribution is -0.149. The highest BCUT2D eigenvalue weighted by Crippen LogP contribution is 2.47. The van der Waals surface area contributed by atoms with Gasteiger partial charge >= 0.3 is 6.61 Å². The van der Waals surface area contributed by atoms with E-state index in [1.807, 2.05) is 93.6 Å². The van der Waals surface area contributed by atoms with Gasteiger partial charge in [-0.05, 0) is 146 Å². The molecule has 2 atom stereocenters. The lowest BCUT2D eigenvalue weighted by Crippen LogP contribution is -2.54. The van der Waals surface area contributed by atoms with Gasteiger partial charge in [0.1, 0.15) is 17.8 Å². The highest BCUT2D eigenvalue weighted by atomic mass is 35.5. The maximum atomic E-state index is 12.3. The van der Waals surface area contributed by atoms with Crippen LogP contribution in [0.2, 0.25) is 5.02 Å². The van der Waals surface area contributed by atoms with Crippen LogP contribution in [0.1, 0.15) is 133 Å². The number of aryl methyl sites for hydroxylation is 3. The van der Waals surface area contributed by atoms with Crippen molar-refractivity contribution < 1.29 is 66.1 Å². The summed E-state index contributed by atoms with van der Waals surface area (Å²) in [6.07, 6.45) is 1.76. The number of nitrogens with zero attached hydrogens (tertiary/aromatic N) is 6. The number of halogens is 3. The summed E-state index contributed by atoms with van der Waals surface area (Å²) in [4.78, 5) is 122. The number of carbonyl (C=O) groups excluding carboxylic acids is 9. The van der Waals surface area contributed by atoms with Crippen LogP contribution in [0.15, 0.2) is 229 Å². The molecule has 16 rings (SSSR count). The van der Waals surface area contributed by atoms with Crippen molar-refractivity contribution in [2.45, 2.75) is 106 Å². The summed E-state index contributed by atoms with van der Waals surface area (Å²) in [5.41, 5.74) is 14.3. The second kappa shape index (κ2) is 36.8. The Morgan fingerprint density at radius 2 is 1.07 bits per heavy atom. The molecule has 2 aromatic heterocycles. The van der Waals surface area contributed by atoms with E-state index in [1.165, 1.54) is 95.4 Å². The van der Waals surface area contributed by atoms with Gasteiger partial charge in [0.05, 0.1) is 42.2 Å². The molecule has 2 fully saturated rings. The summed E-state index contributed by atoms with van der Waals surface area (Å²) in [5, 5.41) is 9.46. The number of aromatic nitrogens is 3. The van der Waals surface area contributed by atoms with E-state index >= 15 is 0 Å². The van der Waals surface area contributed by atoms with Gasteiger partial charge in [0, 0.05) is 83.8 Å². The number of fused-ring (bicyclic) bond motifs is 4. The summed E-state index contributed by atoms with van der Waals surface area (Å²) >= 11 is 6.10. The van der Waals surface area contributed by atoms with Crippen molar-refractivity contribution in [3.63, 3.8) is 0 Å². The minimum Gasteiger partial charge on any atom is -0.497 e. The van der Waals surface area contributed by atoms with Gasteiger partial charge in [0.15, 0.2) is 17.3 Å². The Labute approximate surface area is 658 Å². The van der Waals surface area contributed by atoms with Crippen LogP contribution in [0.4, 0.5) is 8.78 Å². The fourth-order valence-electron chi connectivity index (χ4n) is 13.8. The van der Waals surface area contributed by atoms with Crippen molar-refractivity contribution >= 4 is 75.4 Å². The first-order valence-corrected chi connectivity index (χ1v) is 37.0. The molecule has 11 aromatic rings. The minimum absolute atomic E-state index is 0.0827. The van der Waals surface area contributed by atoms with E-state index in [4.69, 9.17) is 21.1 Å². The van der Waals surface area contributed by atoms with Gasteiger partial charge in [-0.3, -0.25) is 68.0 Å². The van der Waals surface area contributed by atoms with Crippen molar-refractivity contribution in [1.82, 2.24) is 34.4 Å². The van der Waals surface area contributed by atoms with Gasteiger partial charge in [0.25, 0.3) is 35.1 Å². The number of methoxy groups -OCH3 is 2. The highest BCUT2D eigenvalue weighted by Gasteiger charge is 2.47. The summed E-state index contributed by atoms with van der Waals surface area (Å²) in [5.74, 6) is -2.55. The molecule has 23 heteroatoms. The third-order valence-corrected chi connectivity index (χ3v) is 19.6. The molecule has 0 radical (unpaired) electrons. The fourth-order valence-corrected chi connectivity index (χ4v) is 13.9. The predicted molar refractivity (Wildman–Crippen MR) is 429 cm³/mol. The second-order valence-corrected chi connectivity index (χ2v) is 28.1. The summed E-state index contributed by atoms with van der Waals surface area (Å²) in [7, 11) is 5.92. The fraction of sp³-hybridized carbons (Fsp3) is 0.233. The van der Waals surface area contributed by atoms with Gasteiger partial charge < -0.3 is 18.8 Å². The van der Waals surface area contributed by atoms with Crippen LogP contribution in [0, 0.1) is 26.2 Å². The zero-order chi connectivity index (χ0) is 81.5. The molecule has 0 saturated carbocycles. The van der Waals surface area contributed by atoms with Crippen molar-refractivity contribution in [3.05, 3.63) is 296 Å². The Morgan fingerprint density at radius 1 is 0.540 bits per heavy atom. The van der Waals surface area contributed by atoms with Crippen molar-refractivity contribution in [2.75, 3.05) is 21.3 Å². The molecule has 8 amide bonds. The molecule has 0 bridgehead atoms. The number of carbonyl (C=O) groups is 9. The Morgan fingerprint density at radius 3 is 1.64 bits per heavy atom. The zero-order valence-corrected chi connectivity index (χ0v) is 65.2. The number of ether oxygens (including phenoxy) is 3. The molecule has 9 aromatic carbocycles. The van der Waals surface area contributed by atoms with Crippen LogP contribution in [0.25, 0.3) is 44.3 Å². The second-order valence-electron chi connectivity index (χ2n) is 27.7. The van der Waals surface area contributed by atoms with E-state index in [0.29, 0.717) is 38.9 Å². The monoisotopic (exact) mass is 1550 g/mol. The molecule has 5 aliphatic rings. The summed E-state index contributed by atoms with van der Waals surface area (Å²) in [6.45, 7) is 13.2. The van der Waals surface area contributed by atoms with Crippen LogP contribution in [0.3, 0.4) is 0 Å². The average molecular weight is 1550 g/mol. The zero-order valence-electron chi connectivity index (χ0n) is 64.5. The number of rotatable bonds is 11. The smallest absolute Gasteiger partial charge is 0.387 e. The maximum Gasteiger partial charge on any atom is 0.387 e. The van der Waals surface area contributed by atoms with E-state index in [2.05, 4.69) is 120 Å². The number of likely N-dealkylation sites (N-methyl/N-ethyl adjacent to an activating group) is 1. The third kappa shape index (κ3) is 19.1. The number of alkyl halides is 2. The van der Waals surface area contributed by atoms with Crippen LogP contribution >= 0.6 is 11.6 Å². The Kier molecular flexibility index (Phi) is 26.9. The number of hydrogen-bond donors (Lipinski definition) is 1. The van der Waals surface area contributed by atoms with Crippen molar-refractivity contribution in [1.29, 1.82) is 0 Å². The van der Waals surface area contributed by atoms with E-state index < -0.39 is 54.1 Å². The lowest BCUT2D eigenvalue weighted by Gasteiger charge is -2.32. The molecule has 113 heavy (non-hydrogen) atoms. The number of piperidine rings is 2. The molecule has 2 saturated heterocycles. The first-order valence-electron chi connectivity index (χ1n) is 36.6. The third-order valence-electron chi connectivity index (χ3n) is 19.3. The molecule has 0 spiro atoms. The highest BCUT2D eigenvalue weighted by molar-refractivity contribution is 6.30. The molecule has 580 valence electrons.